The van der Waals surface area contributed by atoms with Crippen LogP contribution >= 0.6 is 0 Å². The molecule has 0 spiro atoms. The van der Waals surface area contributed by atoms with Crippen molar-refractivity contribution < 1.29 is 14.3 Å². The van der Waals surface area contributed by atoms with Crippen LogP contribution in [0.4, 0.5) is 4.39 Å². The molecule has 1 atom stereocenters. The highest BCUT2D eigenvalue weighted by Gasteiger charge is 2.16. The van der Waals surface area contributed by atoms with Gasteiger partial charge in [0.2, 0.25) is 0 Å². The van der Waals surface area contributed by atoms with E-state index in [9.17, 15) is 9.18 Å². The number of nitriles is 1. The van der Waals surface area contributed by atoms with E-state index in [1.165, 1.54) is 12.1 Å². The fourth-order valence-electron chi connectivity index (χ4n) is 2.09. The van der Waals surface area contributed by atoms with Crippen molar-refractivity contribution in [2.24, 2.45) is 0 Å². The molecule has 1 rings (SSSR count). The van der Waals surface area contributed by atoms with Gasteiger partial charge in [0.05, 0.1) is 5.56 Å². The van der Waals surface area contributed by atoms with Crippen molar-refractivity contribution in [1.82, 2.24) is 0 Å². The largest absolute Gasteiger partial charge is 0.478 e. The molecule has 0 heterocycles. The molecule has 19 heavy (non-hydrogen) atoms. The predicted octanol–water partition coefficient (Wildman–Crippen LogP) is 3.59. The molecule has 1 aromatic carbocycles. The van der Waals surface area contributed by atoms with Gasteiger partial charge in [-0.25, -0.2) is 14.4 Å². The molecule has 0 bridgehead atoms. The lowest BCUT2D eigenvalue weighted by molar-refractivity contribution is 0.0696. The van der Waals surface area contributed by atoms with Crippen molar-refractivity contribution in [2.45, 2.75) is 38.8 Å². The summed E-state index contributed by atoms with van der Waals surface area (Å²) in [5, 5.41) is 17.7. The number of nitrogens with zero attached hydrogens (tertiary/aromatic N) is 1. The fraction of sp³-hybridized carbons (Fsp3) is 0.429. The minimum atomic E-state index is -1.12. The first-order valence-corrected chi connectivity index (χ1v) is 6.41. The van der Waals surface area contributed by atoms with Crippen LogP contribution in [0.15, 0.2) is 18.2 Å². The first-order chi connectivity index (χ1) is 8.97. The van der Waals surface area contributed by atoms with Gasteiger partial charge in [0.15, 0.2) is 0 Å². The number of rotatable bonds is 6. The van der Waals surface area contributed by atoms with Gasteiger partial charge < -0.3 is 5.11 Å². The van der Waals surface area contributed by atoms with Gasteiger partial charge in [-0.15, -0.1) is 0 Å². The molecule has 100 valence electrons. The molecular formula is C14H17BFNO2. The third-order valence-corrected chi connectivity index (χ3v) is 3.30. The van der Waals surface area contributed by atoms with Gasteiger partial charge in [-0.2, -0.15) is 0 Å². The van der Waals surface area contributed by atoms with Crippen LogP contribution in [0, 0.1) is 17.0 Å². The topological polar surface area (TPSA) is 61.1 Å². The average molecular weight is 261 g/mol. The first-order valence-electron chi connectivity index (χ1n) is 6.41. The van der Waals surface area contributed by atoms with Gasteiger partial charge in [0.1, 0.15) is 5.82 Å². The molecule has 0 fully saturated rings. The standard InChI is InChI=1S/C14H17BFNO2/c1-3-10(4-5-15(2)9-17)11-6-12(14(18)19)8-13(16)7-11/h6-8,10H,3-5H2,1-2H3,(H,18,19). The molecule has 1 N–H and O–H groups in total. The number of benzene rings is 1. The Bertz CT molecular complexity index is 499. The van der Waals surface area contributed by atoms with Gasteiger partial charge in [-0.05, 0) is 36.1 Å². The highest BCUT2D eigenvalue weighted by atomic mass is 19.1. The first kappa shape index (κ1) is 15.2. The van der Waals surface area contributed by atoms with E-state index in [4.69, 9.17) is 10.4 Å². The average Bonchev–Trinajstić information content (AvgIpc) is 2.38. The molecule has 3 nitrogen and oxygen atoms in total. The Hall–Kier alpha value is -1.83. The van der Waals surface area contributed by atoms with Crippen LogP contribution in [-0.2, 0) is 0 Å². The van der Waals surface area contributed by atoms with E-state index in [2.05, 4.69) is 5.97 Å². The smallest absolute Gasteiger partial charge is 0.335 e. The maximum Gasteiger partial charge on any atom is 0.335 e. The highest BCUT2D eigenvalue weighted by molar-refractivity contribution is 6.65. The van der Waals surface area contributed by atoms with Crippen LogP contribution in [0.2, 0.25) is 13.1 Å². The molecule has 0 aliphatic rings. The summed E-state index contributed by atoms with van der Waals surface area (Å²) in [6, 6.07) is 3.94. The number of carboxylic acid groups (broad SMARTS) is 1. The second kappa shape index (κ2) is 6.94. The zero-order valence-corrected chi connectivity index (χ0v) is 11.2. The Morgan fingerprint density at radius 1 is 1.53 bits per heavy atom. The third-order valence-electron chi connectivity index (χ3n) is 3.30. The predicted molar refractivity (Wildman–Crippen MR) is 73.0 cm³/mol. The van der Waals surface area contributed by atoms with Crippen LogP contribution in [0.25, 0.3) is 0 Å². The lowest BCUT2D eigenvalue weighted by atomic mass is 9.50. The van der Waals surface area contributed by atoms with E-state index in [-0.39, 0.29) is 18.2 Å². The van der Waals surface area contributed by atoms with Crippen LogP contribution in [0.1, 0.15) is 41.6 Å². The minimum absolute atomic E-state index is 0.0261. The Balaban J connectivity index is 2.92. The van der Waals surface area contributed by atoms with Crippen molar-refractivity contribution in [2.75, 3.05) is 0 Å². The number of carboxylic acids is 1. The zero-order chi connectivity index (χ0) is 14.4. The fourth-order valence-corrected chi connectivity index (χ4v) is 2.09. The molecule has 0 saturated heterocycles. The Labute approximate surface area is 113 Å². The van der Waals surface area contributed by atoms with Crippen LogP contribution in [0.3, 0.4) is 0 Å². The quantitative estimate of drug-likeness (QED) is 0.796. The molecule has 0 aliphatic heterocycles. The molecule has 0 radical (unpaired) electrons. The third kappa shape index (κ3) is 4.40. The van der Waals surface area contributed by atoms with Crippen molar-refractivity contribution in [3.8, 4) is 5.97 Å². The van der Waals surface area contributed by atoms with Crippen LogP contribution in [0.5, 0.6) is 0 Å². The van der Waals surface area contributed by atoms with E-state index in [0.717, 1.165) is 25.2 Å². The lowest BCUT2D eigenvalue weighted by Crippen LogP contribution is -2.08. The van der Waals surface area contributed by atoms with Crippen molar-refractivity contribution >= 4 is 12.7 Å². The summed E-state index contributed by atoms with van der Waals surface area (Å²) in [6.45, 7) is 3.79. The van der Waals surface area contributed by atoms with E-state index in [1.54, 1.807) is 0 Å². The molecule has 1 aromatic rings. The van der Waals surface area contributed by atoms with E-state index in [0.29, 0.717) is 5.56 Å². The lowest BCUT2D eigenvalue weighted by Gasteiger charge is -2.16. The molecule has 0 aliphatic carbocycles. The molecular weight excluding hydrogens is 244 g/mol. The van der Waals surface area contributed by atoms with Crippen molar-refractivity contribution in [3.05, 3.63) is 35.1 Å². The van der Waals surface area contributed by atoms with E-state index >= 15 is 0 Å². The highest BCUT2D eigenvalue weighted by Crippen LogP contribution is 2.27. The Kier molecular flexibility index (Phi) is 5.56. The maximum absolute atomic E-state index is 13.4. The number of hydrogen-bond donors (Lipinski definition) is 1. The van der Waals surface area contributed by atoms with E-state index in [1.807, 2.05) is 13.7 Å². The Morgan fingerprint density at radius 3 is 2.74 bits per heavy atom. The summed E-state index contributed by atoms with van der Waals surface area (Å²) < 4.78 is 13.4. The number of halogens is 1. The molecule has 0 amide bonds. The molecule has 5 heteroatoms. The second-order valence-electron chi connectivity index (χ2n) is 4.79. The summed E-state index contributed by atoms with van der Waals surface area (Å²) in [5.74, 6) is 0.606. The van der Waals surface area contributed by atoms with E-state index < -0.39 is 11.8 Å². The van der Waals surface area contributed by atoms with Crippen LogP contribution < -0.4 is 0 Å². The zero-order valence-electron chi connectivity index (χ0n) is 11.2. The van der Waals surface area contributed by atoms with Gasteiger partial charge in [0.25, 0.3) is 6.71 Å². The maximum atomic E-state index is 13.4. The second-order valence-corrected chi connectivity index (χ2v) is 4.79. The summed E-state index contributed by atoms with van der Waals surface area (Å²) in [5.41, 5.74) is 0.673. The molecule has 0 aromatic heterocycles. The SMILES string of the molecule is CCC(CCB(C)C#N)c1cc(F)cc(C(=O)O)c1. The summed E-state index contributed by atoms with van der Waals surface area (Å²) in [4.78, 5) is 10.9. The number of aromatic carboxylic acids is 1. The summed E-state index contributed by atoms with van der Waals surface area (Å²) in [7, 11) is 0. The van der Waals surface area contributed by atoms with Crippen LogP contribution in [-0.4, -0.2) is 17.8 Å². The molecule has 0 saturated carbocycles. The molecule has 1 unspecified atom stereocenters. The van der Waals surface area contributed by atoms with Gasteiger partial charge in [-0.3, -0.25) is 0 Å². The summed E-state index contributed by atoms with van der Waals surface area (Å²) in [6.07, 6.45) is 2.28. The van der Waals surface area contributed by atoms with Crippen molar-refractivity contribution in [3.63, 3.8) is 0 Å². The Morgan fingerprint density at radius 2 is 2.21 bits per heavy atom. The number of hydrogen-bond acceptors (Lipinski definition) is 2. The normalized spacial score (nSPS) is 11.7. The monoisotopic (exact) mass is 261 g/mol. The van der Waals surface area contributed by atoms with Gasteiger partial charge in [-0.1, -0.05) is 26.5 Å². The van der Waals surface area contributed by atoms with Crippen molar-refractivity contribution in [1.29, 1.82) is 5.26 Å². The summed E-state index contributed by atoms with van der Waals surface area (Å²) >= 11 is 0. The minimum Gasteiger partial charge on any atom is -0.478 e. The van der Waals surface area contributed by atoms with Gasteiger partial charge in [0, 0.05) is 5.97 Å². The van der Waals surface area contributed by atoms with Gasteiger partial charge >= 0.3 is 5.97 Å². The number of carbonyl (C=O) groups is 1.